The Balaban J connectivity index is 0.00000225. The van der Waals surface area contributed by atoms with E-state index in [-0.39, 0.29) is 41.4 Å². The molecule has 0 bridgehead atoms. The third kappa shape index (κ3) is 4.56. The van der Waals surface area contributed by atoms with Gasteiger partial charge in [0.25, 0.3) is 0 Å². The van der Waals surface area contributed by atoms with Gasteiger partial charge in [0, 0.05) is 60.5 Å². The molecule has 1 radical (unpaired) electrons. The van der Waals surface area contributed by atoms with Crippen LogP contribution in [0.1, 0.15) is 17.4 Å². The van der Waals surface area contributed by atoms with Gasteiger partial charge in [-0.05, 0) is 12.1 Å². The van der Waals surface area contributed by atoms with Gasteiger partial charge < -0.3 is 19.8 Å². The molecular formula is C17H18ClN5NaO3S. The van der Waals surface area contributed by atoms with Gasteiger partial charge in [0.05, 0.1) is 52.6 Å². The van der Waals surface area contributed by atoms with E-state index in [1.54, 1.807) is 18.3 Å². The number of nitrogens with zero attached hydrogens (tertiary/aromatic N) is 3. The van der Waals surface area contributed by atoms with Crippen LogP contribution in [0, 0.1) is 0 Å². The van der Waals surface area contributed by atoms with Crippen molar-refractivity contribution < 1.29 is 13.7 Å². The summed E-state index contributed by atoms with van der Waals surface area (Å²) in [6, 6.07) is 5.34. The minimum absolute atomic E-state index is 0. The molecule has 11 heteroatoms. The Labute approximate surface area is 191 Å². The zero-order valence-electron chi connectivity index (χ0n) is 15.6. The van der Waals surface area contributed by atoms with Crippen LogP contribution in [-0.2, 0) is 21.3 Å². The monoisotopic (exact) mass is 430 g/mol. The summed E-state index contributed by atoms with van der Waals surface area (Å²) >= 11 is 6.53. The summed E-state index contributed by atoms with van der Waals surface area (Å²) in [7, 11) is 0.0839. The van der Waals surface area contributed by atoms with Crippen LogP contribution < -0.4 is 10.1 Å². The molecule has 3 aromatic heterocycles. The van der Waals surface area contributed by atoms with E-state index in [4.69, 9.17) is 21.1 Å². The number of halogens is 1. The molecule has 2 N–H and O–H groups in total. The molecule has 0 aromatic carbocycles. The summed E-state index contributed by atoms with van der Waals surface area (Å²) in [5.74, 6) is 0.592. The number of aromatic nitrogens is 4. The average molecular weight is 431 g/mol. The predicted molar refractivity (Wildman–Crippen MR) is 107 cm³/mol. The van der Waals surface area contributed by atoms with Gasteiger partial charge in [0.2, 0.25) is 5.88 Å². The number of pyridine rings is 2. The van der Waals surface area contributed by atoms with Crippen molar-refractivity contribution in [3.8, 4) is 5.88 Å². The first kappa shape index (κ1) is 21.6. The van der Waals surface area contributed by atoms with Crippen LogP contribution in [0.2, 0.25) is 5.02 Å². The van der Waals surface area contributed by atoms with Crippen LogP contribution in [-0.4, -0.2) is 80.5 Å². The number of rotatable bonds is 5. The predicted octanol–water partition coefficient (Wildman–Crippen LogP) is 1.60. The number of aromatic amines is 1. The maximum absolute atomic E-state index is 12.8. The molecule has 0 aliphatic carbocycles. The number of imidazole rings is 1. The van der Waals surface area contributed by atoms with Crippen LogP contribution in [0.3, 0.4) is 0 Å². The van der Waals surface area contributed by atoms with Crippen molar-refractivity contribution >= 4 is 63.1 Å². The molecule has 4 rings (SSSR count). The number of ether oxygens (including phenoxy) is 2. The van der Waals surface area contributed by atoms with Gasteiger partial charge in [0.1, 0.15) is 0 Å². The van der Waals surface area contributed by atoms with E-state index in [9.17, 15) is 4.21 Å². The number of morpholine rings is 1. The number of nitrogens with one attached hydrogen (secondary N) is 2. The number of hydrogen-bond donors (Lipinski definition) is 2. The Bertz CT molecular complexity index is 996. The molecule has 3 aromatic rings. The quantitative estimate of drug-likeness (QED) is 0.593. The summed E-state index contributed by atoms with van der Waals surface area (Å²) in [6.45, 7) is 2.13. The topological polar surface area (TPSA) is 102 Å². The van der Waals surface area contributed by atoms with Crippen molar-refractivity contribution in [3.05, 3.63) is 40.7 Å². The van der Waals surface area contributed by atoms with E-state index in [2.05, 4.69) is 25.3 Å². The van der Waals surface area contributed by atoms with Crippen molar-refractivity contribution in [2.24, 2.45) is 0 Å². The summed E-state index contributed by atoms with van der Waals surface area (Å²) in [4.78, 5) is 15.9. The van der Waals surface area contributed by atoms with Crippen LogP contribution in [0.4, 0.5) is 0 Å². The van der Waals surface area contributed by atoms with Crippen LogP contribution in [0.15, 0.2) is 29.6 Å². The Morgan fingerprint density at radius 3 is 2.96 bits per heavy atom. The smallest absolute Gasteiger partial charge is 0.215 e. The van der Waals surface area contributed by atoms with Gasteiger partial charge in [-0.15, -0.1) is 0 Å². The first-order chi connectivity index (χ1) is 13.2. The summed E-state index contributed by atoms with van der Waals surface area (Å²) in [6.07, 6.45) is 1.53. The van der Waals surface area contributed by atoms with Crippen molar-refractivity contribution in [1.29, 1.82) is 0 Å². The Hall–Kier alpha value is -1.07. The van der Waals surface area contributed by atoms with E-state index in [1.165, 1.54) is 7.11 Å². The zero-order chi connectivity index (χ0) is 18.8. The van der Waals surface area contributed by atoms with Crippen molar-refractivity contribution in [1.82, 2.24) is 25.3 Å². The third-order valence-electron chi connectivity index (χ3n) is 4.26. The fourth-order valence-corrected chi connectivity index (χ4v) is 4.28. The SMILES string of the molecule is COc1ccc2[nH]c(S(=O)Cc3nccc(C4CNCCO4)c3Cl)nc2n1.[Na]. The molecule has 2 atom stereocenters. The van der Waals surface area contributed by atoms with Crippen LogP contribution in [0.5, 0.6) is 5.88 Å². The van der Waals surface area contributed by atoms with Gasteiger partial charge in [-0.25, -0.2) is 4.98 Å². The molecule has 2 unspecified atom stereocenters. The van der Waals surface area contributed by atoms with E-state index < -0.39 is 10.8 Å². The fourth-order valence-electron chi connectivity index (χ4n) is 2.89. The van der Waals surface area contributed by atoms with Gasteiger partial charge in [-0.2, -0.15) is 4.98 Å². The second-order valence-electron chi connectivity index (χ2n) is 5.98. The van der Waals surface area contributed by atoms with Crippen molar-refractivity contribution in [3.63, 3.8) is 0 Å². The molecule has 143 valence electrons. The third-order valence-corrected chi connectivity index (χ3v) is 5.85. The maximum atomic E-state index is 12.8. The van der Waals surface area contributed by atoms with Crippen LogP contribution >= 0.6 is 11.6 Å². The first-order valence-corrected chi connectivity index (χ1v) is 10.1. The van der Waals surface area contributed by atoms with E-state index in [1.807, 2.05) is 6.07 Å². The molecule has 1 aliphatic rings. The Morgan fingerprint density at radius 2 is 2.21 bits per heavy atom. The Morgan fingerprint density at radius 1 is 1.36 bits per heavy atom. The molecule has 28 heavy (non-hydrogen) atoms. The normalized spacial score (nSPS) is 17.9. The molecule has 1 fully saturated rings. The van der Waals surface area contributed by atoms with Gasteiger partial charge in [-0.1, -0.05) is 11.6 Å². The minimum Gasteiger partial charge on any atom is -0.481 e. The molecule has 8 nitrogen and oxygen atoms in total. The van der Waals surface area contributed by atoms with E-state index >= 15 is 0 Å². The summed E-state index contributed by atoms with van der Waals surface area (Å²) in [5.41, 5.74) is 2.54. The standard InChI is InChI=1S/C17H18ClN5O3S.Na/c1-25-14-3-2-11-16(22-14)23-17(21-11)27(24)9-12-15(18)10(4-5-20-12)13-8-19-6-7-26-13;/h2-5,13,19H,6-9H2,1H3,(H,21,22,23);. The minimum atomic E-state index is -1.45. The van der Waals surface area contributed by atoms with E-state index in [0.29, 0.717) is 46.1 Å². The average Bonchev–Trinajstić information content (AvgIpc) is 3.13. The number of fused-ring (bicyclic) bond motifs is 1. The Kier molecular flexibility index (Phi) is 7.43. The molecule has 0 spiro atoms. The molecule has 0 amide bonds. The van der Waals surface area contributed by atoms with Gasteiger partial charge in [0.15, 0.2) is 10.8 Å². The van der Waals surface area contributed by atoms with Crippen LogP contribution in [0.25, 0.3) is 11.2 Å². The maximum Gasteiger partial charge on any atom is 0.215 e. The molecule has 0 saturated carbocycles. The number of hydrogen-bond acceptors (Lipinski definition) is 7. The zero-order valence-corrected chi connectivity index (χ0v) is 19.1. The summed E-state index contributed by atoms with van der Waals surface area (Å²) in [5, 5.41) is 4.08. The summed E-state index contributed by atoms with van der Waals surface area (Å²) < 4.78 is 23.6. The second-order valence-corrected chi connectivity index (χ2v) is 7.73. The van der Waals surface area contributed by atoms with Crippen molar-refractivity contribution in [2.45, 2.75) is 17.0 Å². The molecule has 1 saturated heterocycles. The van der Waals surface area contributed by atoms with Gasteiger partial charge >= 0.3 is 0 Å². The number of H-pyrrole nitrogens is 1. The molecular weight excluding hydrogens is 413 g/mol. The first-order valence-electron chi connectivity index (χ1n) is 8.40. The fraction of sp³-hybridized carbons (Fsp3) is 0.353. The largest absolute Gasteiger partial charge is 0.481 e. The number of methoxy groups -OCH3 is 1. The second kappa shape index (κ2) is 9.62. The van der Waals surface area contributed by atoms with E-state index in [0.717, 1.165) is 12.1 Å². The molecule has 4 heterocycles. The van der Waals surface area contributed by atoms with Gasteiger partial charge in [-0.3, -0.25) is 9.19 Å². The van der Waals surface area contributed by atoms with Crippen molar-refractivity contribution in [2.75, 3.05) is 26.8 Å². The molecule has 1 aliphatic heterocycles.